The quantitative estimate of drug-likeness (QED) is 0.145. The molecule has 0 spiro atoms. The summed E-state index contributed by atoms with van der Waals surface area (Å²) in [6.45, 7) is 19.0. The van der Waals surface area contributed by atoms with Crippen LogP contribution in [0.4, 0.5) is 11.4 Å². The average molecular weight is 863 g/mol. The highest BCUT2D eigenvalue weighted by molar-refractivity contribution is 6.10. The van der Waals surface area contributed by atoms with E-state index in [9.17, 15) is 0 Å². The molecule has 66 heavy (non-hydrogen) atoms. The summed E-state index contributed by atoms with van der Waals surface area (Å²) in [5.74, 6) is 2.43. The minimum absolute atomic E-state index is 0.0279. The highest BCUT2D eigenvalue weighted by Gasteiger charge is 2.33. The van der Waals surface area contributed by atoms with Crippen LogP contribution < -0.4 is 14.5 Å². The second kappa shape index (κ2) is 16.6. The lowest BCUT2D eigenvalue weighted by molar-refractivity contribution is 0.483. The van der Waals surface area contributed by atoms with Crippen LogP contribution in [0.3, 0.4) is 0 Å². The molecule has 0 unspecified atom stereocenters. The molecule has 0 saturated carbocycles. The summed E-state index contributed by atoms with van der Waals surface area (Å²) in [6, 6.07) is 65.4. The number of pyridine rings is 1. The minimum Gasteiger partial charge on any atom is -0.457 e. The second-order valence-corrected chi connectivity index (χ2v) is 20.3. The maximum absolute atomic E-state index is 6.82. The average Bonchev–Trinajstić information content (AvgIpc) is 3.93. The van der Waals surface area contributed by atoms with Crippen LogP contribution in [-0.4, -0.2) is 16.2 Å². The molecule has 0 saturated heterocycles. The minimum atomic E-state index is -0.215. The summed E-state index contributed by atoms with van der Waals surface area (Å²) in [5, 5.41) is 2.32. The van der Waals surface area contributed by atoms with Crippen molar-refractivity contribution in [1.82, 2.24) is 9.55 Å². The largest absolute Gasteiger partial charge is 0.457 e. The van der Waals surface area contributed by atoms with E-state index < -0.39 is 0 Å². The first-order chi connectivity index (χ1) is 31.7. The first kappa shape index (κ1) is 42.6. The van der Waals surface area contributed by atoms with Gasteiger partial charge in [-0.05, 0) is 105 Å². The van der Waals surface area contributed by atoms with Crippen LogP contribution in [0.2, 0.25) is 0 Å². The van der Waals surface area contributed by atoms with Crippen molar-refractivity contribution in [3.05, 3.63) is 217 Å². The van der Waals surface area contributed by atoms with Gasteiger partial charge in [0.25, 0.3) is 0 Å². The van der Waals surface area contributed by atoms with Crippen molar-refractivity contribution in [2.75, 3.05) is 16.5 Å². The van der Waals surface area contributed by atoms with Crippen molar-refractivity contribution in [2.24, 2.45) is 5.41 Å². The van der Waals surface area contributed by atoms with Crippen molar-refractivity contribution < 1.29 is 4.74 Å². The Kier molecular flexibility index (Phi) is 10.7. The number of benzene rings is 7. The summed E-state index contributed by atoms with van der Waals surface area (Å²) in [7, 11) is 0. The zero-order valence-electron chi connectivity index (χ0n) is 39.4. The zero-order chi connectivity index (χ0) is 45.8. The molecule has 0 atom stereocenters. The maximum Gasteiger partial charge on any atom is 0.137 e. The van der Waals surface area contributed by atoms with Gasteiger partial charge in [0.2, 0.25) is 0 Å². The van der Waals surface area contributed by atoms with Gasteiger partial charge in [-0.3, -0.25) is 4.57 Å². The van der Waals surface area contributed by atoms with Crippen LogP contribution in [0.25, 0.3) is 49.9 Å². The predicted octanol–water partition coefficient (Wildman–Crippen LogP) is 16.1. The third-order valence-electron chi connectivity index (χ3n) is 13.3. The molecule has 9 aromatic rings. The Bertz CT molecular complexity index is 3240. The van der Waals surface area contributed by atoms with Gasteiger partial charge in [0.15, 0.2) is 0 Å². The molecule has 7 aromatic carbocycles. The Balaban J connectivity index is 1.01. The number of hydrogen-bond donors (Lipinski definition) is 0. The summed E-state index contributed by atoms with van der Waals surface area (Å²) in [4.78, 5) is 9.79. The van der Waals surface area contributed by atoms with Crippen LogP contribution in [0.1, 0.15) is 72.1 Å². The summed E-state index contributed by atoms with van der Waals surface area (Å²) in [5.41, 5.74) is 13.8. The summed E-state index contributed by atoms with van der Waals surface area (Å²) < 4.78 is 9.10. The van der Waals surface area contributed by atoms with E-state index in [1.54, 1.807) is 0 Å². The van der Waals surface area contributed by atoms with Crippen LogP contribution in [0, 0.1) is 5.41 Å². The van der Waals surface area contributed by atoms with E-state index in [0.717, 1.165) is 39.4 Å². The molecule has 3 heterocycles. The van der Waals surface area contributed by atoms with E-state index in [2.05, 4.69) is 252 Å². The van der Waals surface area contributed by atoms with E-state index in [4.69, 9.17) is 9.72 Å². The molecule has 0 fully saturated rings. The standard InChI is InChI=1S/C61H58N4O/c1-59(2,3)47-31-32-62-58(37-47)65-55-30-27-44(42-19-12-9-13-20-42)35-54(55)53-29-28-52(39-56(53)65)66-51-26-18-25-49(38-51)63-40-57(60(4,5)6)64(41-63)50-34-45(43-21-14-10-15-22-43)33-48(36-50)61(7,8)46-23-16-11-17-24-46/h9-40H,41H2,1-8H3. The zero-order valence-corrected chi connectivity index (χ0v) is 39.4. The number of allylic oxidation sites excluding steroid dienone is 1. The topological polar surface area (TPSA) is 33.5 Å². The number of fused-ring (bicyclic) bond motifs is 3. The Labute approximate surface area is 390 Å². The molecule has 1 aliphatic heterocycles. The van der Waals surface area contributed by atoms with Gasteiger partial charge in [-0.15, -0.1) is 0 Å². The fraction of sp³-hybridized carbons (Fsp3) is 0.197. The molecule has 10 rings (SSSR count). The van der Waals surface area contributed by atoms with Crippen LogP contribution in [0.5, 0.6) is 11.5 Å². The van der Waals surface area contributed by atoms with Gasteiger partial charge >= 0.3 is 0 Å². The molecule has 0 bridgehead atoms. The maximum atomic E-state index is 6.82. The van der Waals surface area contributed by atoms with Gasteiger partial charge in [0, 0.05) is 63.2 Å². The van der Waals surface area contributed by atoms with Crippen LogP contribution in [0.15, 0.2) is 200 Å². The molecule has 0 radical (unpaired) electrons. The molecule has 1 aliphatic rings. The normalized spacial score (nSPS) is 13.4. The molecule has 5 heteroatoms. The lowest BCUT2D eigenvalue weighted by Gasteiger charge is -2.33. The van der Waals surface area contributed by atoms with Crippen molar-refractivity contribution in [1.29, 1.82) is 0 Å². The Morgan fingerprint density at radius 1 is 0.455 bits per heavy atom. The SMILES string of the molecule is CC(C)(C)C1=CN(c2cccc(Oc3ccc4c5cc(-c6ccccc6)ccc5n(-c5cc(C(C)(C)C)ccn5)c4c3)c2)CN1c1cc(-c2ccccc2)cc(C(C)(C)c2ccccc2)c1. The number of nitrogens with zero attached hydrogens (tertiary/aromatic N) is 4. The van der Waals surface area contributed by atoms with Gasteiger partial charge in [-0.1, -0.05) is 165 Å². The predicted molar refractivity (Wildman–Crippen MR) is 277 cm³/mol. The number of aromatic nitrogens is 2. The Hall–Kier alpha value is -7.37. The van der Waals surface area contributed by atoms with E-state index in [1.165, 1.54) is 55.7 Å². The number of ether oxygens (including phenoxy) is 1. The second-order valence-electron chi connectivity index (χ2n) is 20.3. The highest BCUT2D eigenvalue weighted by Crippen LogP contribution is 2.44. The first-order valence-corrected chi connectivity index (χ1v) is 23.1. The van der Waals surface area contributed by atoms with Crippen molar-refractivity contribution in [3.63, 3.8) is 0 Å². The van der Waals surface area contributed by atoms with Gasteiger partial charge in [0.05, 0.1) is 17.7 Å². The van der Waals surface area contributed by atoms with E-state index in [0.29, 0.717) is 6.67 Å². The molecule has 2 aromatic heterocycles. The van der Waals surface area contributed by atoms with Crippen molar-refractivity contribution in [2.45, 2.75) is 66.2 Å². The van der Waals surface area contributed by atoms with Crippen LogP contribution in [-0.2, 0) is 10.8 Å². The summed E-state index contributed by atoms with van der Waals surface area (Å²) in [6.07, 6.45) is 4.25. The molecule has 0 aliphatic carbocycles. The van der Waals surface area contributed by atoms with Gasteiger partial charge in [-0.25, -0.2) is 4.98 Å². The lowest BCUT2D eigenvalue weighted by atomic mass is 9.77. The molecular weight excluding hydrogens is 805 g/mol. The van der Waals surface area contributed by atoms with Crippen LogP contribution >= 0.6 is 0 Å². The molecule has 0 amide bonds. The molecule has 0 N–H and O–H groups in total. The Morgan fingerprint density at radius 3 is 1.83 bits per heavy atom. The number of hydrogen-bond acceptors (Lipinski definition) is 4. The van der Waals surface area contributed by atoms with E-state index in [-0.39, 0.29) is 16.2 Å². The highest BCUT2D eigenvalue weighted by atomic mass is 16.5. The van der Waals surface area contributed by atoms with Gasteiger partial charge in [0.1, 0.15) is 17.3 Å². The smallest absolute Gasteiger partial charge is 0.137 e. The fourth-order valence-corrected chi connectivity index (χ4v) is 9.40. The fourth-order valence-electron chi connectivity index (χ4n) is 9.40. The van der Waals surface area contributed by atoms with Crippen molar-refractivity contribution >= 4 is 33.2 Å². The number of anilines is 2. The van der Waals surface area contributed by atoms with Gasteiger partial charge < -0.3 is 14.5 Å². The Morgan fingerprint density at radius 2 is 1.14 bits per heavy atom. The summed E-state index contributed by atoms with van der Waals surface area (Å²) >= 11 is 0. The van der Waals surface area contributed by atoms with Gasteiger partial charge in [-0.2, -0.15) is 0 Å². The molecule has 5 nitrogen and oxygen atoms in total. The lowest BCUT2D eigenvalue weighted by Crippen LogP contribution is -2.31. The number of rotatable bonds is 9. The van der Waals surface area contributed by atoms with E-state index in [1.807, 2.05) is 12.3 Å². The van der Waals surface area contributed by atoms with Crippen molar-refractivity contribution in [3.8, 4) is 39.6 Å². The monoisotopic (exact) mass is 862 g/mol. The molecule has 328 valence electrons. The third kappa shape index (κ3) is 8.15. The van der Waals surface area contributed by atoms with E-state index >= 15 is 0 Å². The first-order valence-electron chi connectivity index (χ1n) is 23.1. The third-order valence-corrected chi connectivity index (χ3v) is 13.3. The molecular formula is C61H58N4O.